The zero-order valence-electron chi connectivity index (χ0n) is 17.4. The van der Waals surface area contributed by atoms with E-state index in [0.717, 1.165) is 12.2 Å². The summed E-state index contributed by atoms with van der Waals surface area (Å²) in [5.41, 5.74) is 1.32. The summed E-state index contributed by atoms with van der Waals surface area (Å²) >= 11 is 0. The topological polar surface area (TPSA) is 90.1 Å². The third-order valence-corrected chi connectivity index (χ3v) is 5.07. The minimum absolute atomic E-state index is 0.00914. The zero-order valence-corrected chi connectivity index (χ0v) is 17.4. The maximum Gasteiger partial charge on any atom is 0.244 e. The van der Waals surface area contributed by atoms with Crippen molar-refractivity contribution in [2.45, 2.75) is 39.3 Å². The summed E-state index contributed by atoms with van der Waals surface area (Å²) in [6, 6.07) is 11.8. The number of aryl methyl sites for hydroxylation is 1. The van der Waals surface area contributed by atoms with Crippen molar-refractivity contribution in [1.29, 1.82) is 0 Å². The summed E-state index contributed by atoms with van der Waals surface area (Å²) in [4.78, 5) is 18.9. The molecule has 1 amide bonds. The highest BCUT2D eigenvalue weighted by Crippen LogP contribution is 2.22. The minimum Gasteiger partial charge on any atom is -0.463 e. The van der Waals surface area contributed by atoms with Crippen molar-refractivity contribution >= 4 is 11.9 Å². The van der Waals surface area contributed by atoms with E-state index in [2.05, 4.69) is 27.8 Å². The number of rotatable bonds is 6. The molecule has 0 spiro atoms. The maximum atomic E-state index is 12.6. The van der Waals surface area contributed by atoms with Gasteiger partial charge in [-0.05, 0) is 50.5 Å². The SMILES string of the molecule is CCNC(=NCC(=O)N1CCc2ccccc2C1)NCC(C)(O)c1ccc(C)o1. The van der Waals surface area contributed by atoms with Crippen molar-refractivity contribution in [3.8, 4) is 0 Å². The summed E-state index contributed by atoms with van der Waals surface area (Å²) in [7, 11) is 0. The Morgan fingerprint density at radius 1 is 1.24 bits per heavy atom. The van der Waals surface area contributed by atoms with E-state index in [1.165, 1.54) is 11.1 Å². The number of aliphatic hydroxyl groups is 1. The molecule has 29 heavy (non-hydrogen) atoms. The predicted molar refractivity (Wildman–Crippen MR) is 113 cm³/mol. The Kier molecular flexibility index (Phi) is 6.59. The molecule has 1 unspecified atom stereocenters. The third-order valence-electron chi connectivity index (χ3n) is 5.07. The standard InChI is InChI=1S/C22H30N4O3/c1-4-23-21(25-15-22(3,28)19-10-9-16(2)29-19)24-13-20(27)26-12-11-17-7-5-6-8-18(17)14-26/h5-10,28H,4,11-15H2,1-3H3,(H2,23,24,25). The van der Waals surface area contributed by atoms with E-state index in [0.29, 0.717) is 31.4 Å². The molecule has 2 aromatic rings. The van der Waals surface area contributed by atoms with Gasteiger partial charge in [0, 0.05) is 19.6 Å². The number of nitrogens with zero attached hydrogens (tertiary/aromatic N) is 2. The van der Waals surface area contributed by atoms with Gasteiger partial charge in [0.1, 0.15) is 23.7 Å². The molecule has 0 fully saturated rings. The molecule has 156 valence electrons. The molecule has 0 radical (unpaired) electrons. The molecule has 1 aliphatic rings. The van der Waals surface area contributed by atoms with E-state index >= 15 is 0 Å². The number of fused-ring (bicyclic) bond motifs is 1. The van der Waals surface area contributed by atoms with Crippen LogP contribution in [0.3, 0.4) is 0 Å². The van der Waals surface area contributed by atoms with Gasteiger partial charge >= 0.3 is 0 Å². The van der Waals surface area contributed by atoms with Crippen LogP contribution in [0.1, 0.15) is 36.5 Å². The van der Waals surface area contributed by atoms with Crippen LogP contribution in [0, 0.1) is 6.92 Å². The van der Waals surface area contributed by atoms with Crippen molar-refractivity contribution < 1.29 is 14.3 Å². The number of amides is 1. The molecule has 3 N–H and O–H groups in total. The number of hydrogen-bond donors (Lipinski definition) is 3. The van der Waals surface area contributed by atoms with Gasteiger partial charge < -0.3 is 25.1 Å². The molecule has 7 nitrogen and oxygen atoms in total. The number of aliphatic imine (C=N–C) groups is 1. The molecule has 1 aromatic carbocycles. The third kappa shape index (κ3) is 5.38. The second-order valence-electron chi connectivity index (χ2n) is 7.57. The first kappa shape index (κ1) is 20.9. The lowest BCUT2D eigenvalue weighted by Gasteiger charge is -2.28. The summed E-state index contributed by atoms with van der Waals surface area (Å²) < 4.78 is 5.54. The summed E-state index contributed by atoms with van der Waals surface area (Å²) in [6.45, 7) is 7.72. The largest absolute Gasteiger partial charge is 0.463 e. The molecule has 3 rings (SSSR count). The predicted octanol–water partition coefficient (Wildman–Crippen LogP) is 1.94. The summed E-state index contributed by atoms with van der Waals surface area (Å²) in [5, 5.41) is 16.9. The Morgan fingerprint density at radius 2 is 2.00 bits per heavy atom. The van der Waals surface area contributed by atoms with Crippen LogP contribution in [0.2, 0.25) is 0 Å². The van der Waals surface area contributed by atoms with Crippen LogP contribution in [0.25, 0.3) is 0 Å². The molecule has 1 aromatic heterocycles. The molecule has 0 bridgehead atoms. The molecule has 1 aliphatic heterocycles. The van der Waals surface area contributed by atoms with Crippen LogP contribution in [0.5, 0.6) is 0 Å². The van der Waals surface area contributed by atoms with E-state index < -0.39 is 5.60 Å². The number of hydrogen-bond acceptors (Lipinski definition) is 4. The summed E-state index contributed by atoms with van der Waals surface area (Å²) in [5.74, 6) is 1.71. The number of guanidine groups is 1. The van der Waals surface area contributed by atoms with Gasteiger partial charge in [0.15, 0.2) is 5.96 Å². The second-order valence-corrected chi connectivity index (χ2v) is 7.57. The van der Waals surface area contributed by atoms with Crippen molar-refractivity contribution in [2.24, 2.45) is 4.99 Å². The fraction of sp³-hybridized carbons (Fsp3) is 0.455. The quantitative estimate of drug-likeness (QED) is 0.511. The Bertz CT molecular complexity index is 872. The van der Waals surface area contributed by atoms with Crippen molar-refractivity contribution in [1.82, 2.24) is 15.5 Å². The van der Waals surface area contributed by atoms with Crippen molar-refractivity contribution in [3.63, 3.8) is 0 Å². The maximum absolute atomic E-state index is 12.6. The minimum atomic E-state index is -1.19. The van der Waals surface area contributed by atoms with Gasteiger partial charge in [0.05, 0.1) is 6.54 Å². The number of benzene rings is 1. The van der Waals surface area contributed by atoms with Crippen molar-refractivity contribution in [2.75, 3.05) is 26.2 Å². The van der Waals surface area contributed by atoms with Gasteiger partial charge in [-0.1, -0.05) is 24.3 Å². The molecule has 7 heteroatoms. The lowest BCUT2D eigenvalue weighted by molar-refractivity contribution is -0.130. The molecule has 0 saturated heterocycles. The lowest BCUT2D eigenvalue weighted by Crippen LogP contribution is -2.45. The average Bonchev–Trinajstić information content (AvgIpc) is 3.17. The van der Waals surface area contributed by atoms with Gasteiger partial charge in [-0.3, -0.25) is 4.79 Å². The fourth-order valence-electron chi connectivity index (χ4n) is 3.36. The fourth-order valence-corrected chi connectivity index (χ4v) is 3.36. The van der Waals surface area contributed by atoms with Gasteiger partial charge in [0.25, 0.3) is 0 Å². The number of carbonyl (C=O) groups is 1. The van der Waals surface area contributed by atoms with E-state index in [1.54, 1.807) is 13.0 Å². The Morgan fingerprint density at radius 3 is 2.69 bits per heavy atom. The molecule has 2 heterocycles. The molecular formula is C22H30N4O3. The second kappa shape index (κ2) is 9.13. The van der Waals surface area contributed by atoms with Crippen molar-refractivity contribution in [3.05, 3.63) is 59.0 Å². The number of carbonyl (C=O) groups excluding carboxylic acids is 1. The van der Waals surface area contributed by atoms with Crippen LogP contribution >= 0.6 is 0 Å². The number of nitrogens with one attached hydrogen (secondary N) is 2. The normalized spacial score (nSPS) is 16.1. The Hall–Kier alpha value is -2.80. The van der Waals surface area contributed by atoms with Crippen LogP contribution in [0.15, 0.2) is 45.8 Å². The summed E-state index contributed by atoms with van der Waals surface area (Å²) in [6.07, 6.45) is 0.870. The van der Waals surface area contributed by atoms with E-state index in [9.17, 15) is 9.90 Å². The monoisotopic (exact) mass is 398 g/mol. The Balaban J connectivity index is 1.58. The first-order valence-electron chi connectivity index (χ1n) is 10.0. The van der Waals surface area contributed by atoms with Crippen LogP contribution in [0.4, 0.5) is 0 Å². The van der Waals surface area contributed by atoms with E-state index in [-0.39, 0.29) is 19.0 Å². The van der Waals surface area contributed by atoms with E-state index in [1.807, 2.05) is 36.9 Å². The number of furan rings is 1. The average molecular weight is 399 g/mol. The van der Waals surface area contributed by atoms with Crippen LogP contribution in [-0.4, -0.2) is 48.1 Å². The molecule has 0 saturated carbocycles. The van der Waals surface area contributed by atoms with Gasteiger partial charge in [-0.25, -0.2) is 4.99 Å². The van der Waals surface area contributed by atoms with Crippen LogP contribution < -0.4 is 10.6 Å². The Labute approximate surface area is 171 Å². The van der Waals surface area contributed by atoms with E-state index in [4.69, 9.17) is 4.42 Å². The first-order chi connectivity index (χ1) is 13.9. The highest BCUT2D eigenvalue weighted by atomic mass is 16.4. The molecular weight excluding hydrogens is 368 g/mol. The smallest absolute Gasteiger partial charge is 0.244 e. The van der Waals surface area contributed by atoms with Gasteiger partial charge in [-0.2, -0.15) is 0 Å². The lowest BCUT2D eigenvalue weighted by atomic mass is 10.00. The van der Waals surface area contributed by atoms with Gasteiger partial charge in [-0.15, -0.1) is 0 Å². The van der Waals surface area contributed by atoms with Crippen LogP contribution in [-0.2, 0) is 23.4 Å². The highest BCUT2D eigenvalue weighted by molar-refractivity contribution is 5.85. The highest BCUT2D eigenvalue weighted by Gasteiger charge is 2.27. The van der Waals surface area contributed by atoms with Gasteiger partial charge in [0.2, 0.25) is 5.91 Å². The zero-order chi connectivity index (χ0) is 20.9. The molecule has 0 aliphatic carbocycles. The molecule has 1 atom stereocenters. The first-order valence-corrected chi connectivity index (χ1v) is 10.0.